The van der Waals surface area contributed by atoms with Gasteiger partial charge in [-0.15, -0.1) is 0 Å². The molecule has 0 fully saturated rings. The fourth-order valence-corrected chi connectivity index (χ4v) is 4.21. The van der Waals surface area contributed by atoms with Crippen molar-refractivity contribution in [3.05, 3.63) is 47.1 Å². The van der Waals surface area contributed by atoms with Gasteiger partial charge < -0.3 is 9.84 Å². The smallest absolute Gasteiger partial charge is 0.311 e. The van der Waals surface area contributed by atoms with Crippen LogP contribution in [-0.2, 0) is 11.2 Å². The summed E-state index contributed by atoms with van der Waals surface area (Å²) < 4.78 is 5.83. The monoisotopic (exact) mass is 398 g/mol. The van der Waals surface area contributed by atoms with E-state index in [2.05, 4.69) is 40.3 Å². The second kappa shape index (κ2) is 11.2. The van der Waals surface area contributed by atoms with E-state index in [1.165, 1.54) is 5.57 Å². The van der Waals surface area contributed by atoms with Crippen molar-refractivity contribution >= 4 is 5.97 Å². The molecule has 29 heavy (non-hydrogen) atoms. The van der Waals surface area contributed by atoms with Crippen LogP contribution in [0, 0.1) is 5.92 Å². The van der Waals surface area contributed by atoms with Gasteiger partial charge in [0.15, 0.2) is 0 Å². The lowest BCUT2D eigenvalue weighted by molar-refractivity contribution is -0.134. The van der Waals surface area contributed by atoms with Gasteiger partial charge in [0.1, 0.15) is 11.5 Å². The fourth-order valence-electron chi connectivity index (χ4n) is 4.21. The number of unbranched alkanes of at least 4 members (excludes halogenated alkanes) is 3. The highest BCUT2D eigenvalue weighted by molar-refractivity contribution is 5.73. The third-order valence-corrected chi connectivity index (χ3v) is 5.92. The minimum Gasteiger partial charge on any atom is -0.507 e. The molecule has 0 bridgehead atoms. The Hall–Kier alpha value is -2.03. The number of aryl methyl sites for hydroxylation is 1. The predicted octanol–water partition coefficient (Wildman–Crippen LogP) is 7.24. The third-order valence-electron chi connectivity index (χ3n) is 5.92. The maximum Gasteiger partial charge on any atom is 0.311 e. The Bertz CT molecular complexity index is 745. The number of benzene rings is 1. The van der Waals surface area contributed by atoms with E-state index in [-0.39, 0.29) is 23.6 Å². The first-order chi connectivity index (χ1) is 13.9. The van der Waals surface area contributed by atoms with Crippen molar-refractivity contribution in [2.45, 2.75) is 91.4 Å². The van der Waals surface area contributed by atoms with Gasteiger partial charge in [-0.1, -0.05) is 56.9 Å². The summed E-state index contributed by atoms with van der Waals surface area (Å²) in [7, 11) is 0. The second-order valence-corrected chi connectivity index (χ2v) is 8.59. The summed E-state index contributed by atoms with van der Waals surface area (Å²) in [6.45, 7) is 12.6. The molecule has 0 aromatic heterocycles. The van der Waals surface area contributed by atoms with Gasteiger partial charge in [-0.25, -0.2) is 0 Å². The number of phenolic OH excluding ortho intramolecular Hbond substituents is 1. The molecule has 0 radical (unpaired) electrons. The number of carbonyl (C=O) groups is 1. The molecule has 2 unspecified atom stereocenters. The number of carbonyl (C=O) groups excluding carboxylic acids is 1. The quantitative estimate of drug-likeness (QED) is 0.196. The molecule has 160 valence electrons. The molecule has 1 aromatic carbocycles. The Balaban J connectivity index is 2.45. The highest BCUT2D eigenvalue weighted by Crippen LogP contribution is 2.47. The van der Waals surface area contributed by atoms with Crippen LogP contribution in [0.2, 0.25) is 0 Å². The molecule has 0 spiro atoms. The Morgan fingerprint density at radius 1 is 1.21 bits per heavy atom. The minimum absolute atomic E-state index is 0.0140. The van der Waals surface area contributed by atoms with Crippen LogP contribution in [-0.4, -0.2) is 11.1 Å². The van der Waals surface area contributed by atoms with Gasteiger partial charge in [0, 0.05) is 17.9 Å². The number of phenols is 1. The number of rotatable bonds is 10. The number of aromatic hydroxyl groups is 1. The van der Waals surface area contributed by atoms with E-state index in [1.807, 2.05) is 12.1 Å². The van der Waals surface area contributed by atoms with Gasteiger partial charge in [-0.05, 0) is 69.6 Å². The number of hydrogen-bond donors (Lipinski definition) is 1. The van der Waals surface area contributed by atoms with E-state index in [0.29, 0.717) is 12.2 Å². The van der Waals surface area contributed by atoms with Crippen LogP contribution >= 0.6 is 0 Å². The molecular formula is C26H38O3. The molecule has 1 aromatic rings. The van der Waals surface area contributed by atoms with Crippen LogP contribution in [0.15, 0.2) is 35.9 Å². The van der Waals surface area contributed by atoms with Crippen molar-refractivity contribution in [3.63, 3.8) is 0 Å². The van der Waals surface area contributed by atoms with E-state index in [4.69, 9.17) is 4.74 Å². The maximum atomic E-state index is 12.4. The van der Waals surface area contributed by atoms with Crippen molar-refractivity contribution in [2.24, 2.45) is 5.92 Å². The normalized spacial score (nSPS) is 19.0. The summed E-state index contributed by atoms with van der Waals surface area (Å²) in [4.78, 5) is 12.4. The first kappa shape index (κ1) is 23.3. The Labute approximate surface area is 176 Å². The summed E-state index contributed by atoms with van der Waals surface area (Å²) in [6.07, 6.45) is 10.7. The van der Waals surface area contributed by atoms with Crippen molar-refractivity contribution in [1.29, 1.82) is 0 Å². The number of esters is 1. The third kappa shape index (κ3) is 6.48. The van der Waals surface area contributed by atoms with Crippen molar-refractivity contribution in [3.8, 4) is 11.5 Å². The van der Waals surface area contributed by atoms with E-state index in [0.717, 1.165) is 68.1 Å². The molecule has 1 aliphatic rings. The Morgan fingerprint density at radius 2 is 1.93 bits per heavy atom. The largest absolute Gasteiger partial charge is 0.507 e. The standard InChI is InChI=1S/C26H38O3/c1-6-8-10-11-20-16-23(27)26(24(17-20)29-25(28)12-9-7-2)22-15-19(5)13-14-21(22)18(3)4/h15-17,21-22,27H,3,6-14H2,1-2,4-5H3. The van der Waals surface area contributed by atoms with Crippen LogP contribution in [0.5, 0.6) is 11.5 Å². The zero-order valence-electron chi connectivity index (χ0n) is 18.7. The van der Waals surface area contributed by atoms with Gasteiger partial charge >= 0.3 is 5.97 Å². The first-order valence-corrected chi connectivity index (χ1v) is 11.3. The van der Waals surface area contributed by atoms with Crippen LogP contribution < -0.4 is 4.74 Å². The van der Waals surface area contributed by atoms with Crippen molar-refractivity contribution in [2.75, 3.05) is 0 Å². The first-order valence-electron chi connectivity index (χ1n) is 11.3. The van der Waals surface area contributed by atoms with Gasteiger partial charge in [0.05, 0.1) is 0 Å². The van der Waals surface area contributed by atoms with Gasteiger partial charge in [0.2, 0.25) is 0 Å². The minimum atomic E-state index is -0.221. The van der Waals surface area contributed by atoms with E-state index in [1.54, 1.807) is 0 Å². The molecule has 0 amide bonds. The molecule has 1 N–H and O–H groups in total. The van der Waals surface area contributed by atoms with Crippen LogP contribution in [0.25, 0.3) is 0 Å². The highest BCUT2D eigenvalue weighted by atomic mass is 16.5. The van der Waals surface area contributed by atoms with E-state index in [9.17, 15) is 9.90 Å². The van der Waals surface area contributed by atoms with Gasteiger partial charge in [0.25, 0.3) is 0 Å². The summed E-state index contributed by atoms with van der Waals surface area (Å²) >= 11 is 0. The second-order valence-electron chi connectivity index (χ2n) is 8.59. The molecule has 2 atom stereocenters. The Kier molecular flexibility index (Phi) is 9.00. The maximum absolute atomic E-state index is 12.4. The highest BCUT2D eigenvalue weighted by Gasteiger charge is 2.31. The topological polar surface area (TPSA) is 46.5 Å². The summed E-state index contributed by atoms with van der Waals surface area (Å²) in [5.74, 6) is 0.768. The summed E-state index contributed by atoms with van der Waals surface area (Å²) in [5, 5.41) is 11.0. The Morgan fingerprint density at radius 3 is 2.59 bits per heavy atom. The zero-order chi connectivity index (χ0) is 21.4. The molecule has 1 aliphatic carbocycles. The molecule has 0 saturated heterocycles. The van der Waals surface area contributed by atoms with Crippen LogP contribution in [0.4, 0.5) is 0 Å². The average Bonchev–Trinajstić information content (AvgIpc) is 2.66. The SMILES string of the molecule is C=C(C)C1CCC(C)=CC1c1c(O)cc(CCCCC)cc1OC(=O)CCCC. The molecule has 2 rings (SSSR count). The number of allylic oxidation sites excluding steroid dienone is 3. The number of ether oxygens (including phenoxy) is 1. The van der Waals surface area contributed by atoms with Crippen molar-refractivity contribution < 1.29 is 14.6 Å². The summed E-state index contributed by atoms with van der Waals surface area (Å²) in [5.41, 5.74) is 4.18. The van der Waals surface area contributed by atoms with Crippen LogP contribution in [0.3, 0.4) is 0 Å². The lowest BCUT2D eigenvalue weighted by atomic mass is 9.73. The molecule has 3 nitrogen and oxygen atoms in total. The number of hydrogen-bond acceptors (Lipinski definition) is 3. The molecule has 0 heterocycles. The average molecular weight is 399 g/mol. The zero-order valence-corrected chi connectivity index (χ0v) is 18.7. The van der Waals surface area contributed by atoms with Crippen molar-refractivity contribution in [1.82, 2.24) is 0 Å². The van der Waals surface area contributed by atoms with E-state index < -0.39 is 0 Å². The molecular weight excluding hydrogens is 360 g/mol. The van der Waals surface area contributed by atoms with Gasteiger partial charge in [-0.3, -0.25) is 4.79 Å². The lowest BCUT2D eigenvalue weighted by Gasteiger charge is -2.32. The molecule has 0 saturated carbocycles. The molecule has 0 aliphatic heterocycles. The lowest BCUT2D eigenvalue weighted by Crippen LogP contribution is -2.19. The van der Waals surface area contributed by atoms with Crippen LogP contribution in [0.1, 0.15) is 96.1 Å². The fraction of sp³-hybridized carbons (Fsp3) is 0.577. The summed E-state index contributed by atoms with van der Waals surface area (Å²) in [6, 6.07) is 3.84. The molecule has 3 heteroatoms. The van der Waals surface area contributed by atoms with Gasteiger partial charge in [-0.2, -0.15) is 0 Å². The predicted molar refractivity (Wildman–Crippen MR) is 121 cm³/mol. The van der Waals surface area contributed by atoms with E-state index >= 15 is 0 Å².